The number of nitrogens with one attached hydrogen (secondary N) is 3. The number of fused-ring (bicyclic) bond motifs is 1. The number of rotatable bonds is 8. The van der Waals surface area contributed by atoms with Gasteiger partial charge in [-0.2, -0.15) is 0 Å². The zero-order valence-electron chi connectivity index (χ0n) is 14.3. The van der Waals surface area contributed by atoms with Crippen molar-refractivity contribution in [3.05, 3.63) is 18.2 Å². The van der Waals surface area contributed by atoms with Gasteiger partial charge in [0.05, 0.1) is 10.6 Å². The Bertz CT molecular complexity index is 748. The molecule has 8 nitrogen and oxygen atoms in total. The fourth-order valence-corrected chi connectivity index (χ4v) is 3.44. The molecule has 9 heteroatoms. The second-order valence-corrected chi connectivity index (χ2v) is 7.48. The van der Waals surface area contributed by atoms with E-state index in [4.69, 9.17) is 4.74 Å². The van der Waals surface area contributed by atoms with E-state index in [0.29, 0.717) is 17.9 Å². The molecule has 1 aromatic rings. The first-order valence-electron chi connectivity index (χ1n) is 8.19. The van der Waals surface area contributed by atoms with Gasteiger partial charge in [-0.3, -0.25) is 9.59 Å². The summed E-state index contributed by atoms with van der Waals surface area (Å²) in [5.41, 5.74) is 0.326. The molecule has 0 saturated carbocycles. The van der Waals surface area contributed by atoms with Crippen molar-refractivity contribution in [1.82, 2.24) is 10.0 Å². The standard InChI is InChI=1S/C16H23N3O5S/c1-3-4-5-14-16(21)19-12-10-11(6-7-13(12)24-14)25(22,23)18-9-8-15(20)17-2/h6-7,10,14,18H,3-5,8-9H2,1-2H3,(H,17,20)(H,19,21)/t14-/m1/s1. The molecule has 1 aliphatic rings. The summed E-state index contributed by atoms with van der Waals surface area (Å²) in [6, 6.07) is 4.29. The molecule has 138 valence electrons. The average molecular weight is 369 g/mol. The largest absolute Gasteiger partial charge is 0.478 e. The molecule has 2 rings (SSSR count). The molecule has 25 heavy (non-hydrogen) atoms. The number of carbonyl (C=O) groups is 2. The van der Waals surface area contributed by atoms with Gasteiger partial charge in [0, 0.05) is 20.0 Å². The molecule has 1 aromatic carbocycles. The number of anilines is 1. The molecular formula is C16H23N3O5S. The van der Waals surface area contributed by atoms with Crippen molar-refractivity contribution in [3.8, 4) is 5.75 Å². The third kappa shape index (κ3) is 4.93. The van der Waals surface area contributed by atoms with E-state index in [-0.39, 0.29) is 29.7 Å². The monoisotopic (exact) mass is 369 g/mol. The number of benzene rings is 1. The predicted molar refractivity (Wildman–Crippen MR) is 92.9 cm³/mol. The van der Waals surface area contributed by atoms with Crippen molar-refractivity contribution in [3.63, 3.8) is 0 Å². The van der Waals surface area contributed by atoms with Crippen LogP contribution in [0.1, 0.15) is 32.6 Å². The zero-order chi connectivity index (χ0) is 18.4. The highest BCUT2D eigenvalue weighted by atomic mass is 32.2. The van der Waals surface area contributed by atoms with Gasteiger partial charge >= 0.3 is 0 Å². The van der Waals surface area contributed by atoms with E-state index in [0.717, 1.165) is 12.8 Å². The smallest absolute Gasteiger partial charge is 0.265 e. The fraction of sp³-hybridized carbons (Fsp3) is 0.500. The lowest BCUT2D eigenvalue weighted by Gasteiger charge is -2.26. The third-order valence-corrected chi connectivity index (χ3v) is 5.28. The van der Waals surface area contributed by atoms with Crippen molar-refractivity contribution < 1.29 is 22.7 Å². The molecule has 0 unspecified atom stereocenters. The number of ether oxygens (including phenoxy) is 1. The summed E-state index contributed by atoms with van der Waals surface area (Å²) in [4.78, 5) is 23.2. The minimum Gasteiger partial charge on any atom is -0.478 e. The first kappa shape index (κ1) is 19.2. The van der Waals surface area contributed by atoms with Gasteiger partial charge in [0.15, 0.2) is 6.10 Å². The molecule has 1 heterocycles. The number of sulfonamides is 1. The fourth-order valence-electron chi connectivity index (χ4n) is 2.38. The second-order valence-electron chi connectivity index (χ2n) is 5.72. The lowest BCUT2D eigenvalue weighted by Crippen LogP contribution is -2.37. The van der Waals surface area contributed by atoms with Gasteiger partial charge in [-0.1, -0.05) is 13.3 Å². The molecule has 0 bridgehead atoms. The Morgan fingerprint density at radius 1 is 1.36 bits per heavy atom. The van der Waals surface area contributed by atoms with Crippen molar-refractivity contribution in [2.75, 3.05) is 18.9 Å². The van der Waals surface area contributed by atoms with Gasteiger partial charge in [0.2, 0.25) is 15.9 Å². The Morgan fingerprint density at radius 3 is 2.80 bits per heavy atom. The zero-order valence-corrected chi connectivity index (χ0v) is 15.1. The van der Waals surface area contributed by atoms with Gasteiger partial charge in [-0.15, -0.1) is 0 Å². The van der Waals surface area contributed by atoms with Crippen molar-refractivity contribution in [2.45, 2.75) is 43.6 Å². The lowest BCUT2D eigenvalue weighted by atomic mass is 10.1. The van der Waals surface area contributed by atoms with Crippen LogP contribution in [0, 0.1) is 0 Å². The molecule has 0 fully saturated rings. The minimum atomic E-state index is -3.78. The summed E-state index contributed by atoms with van der Waals surface area (Å²) in [5.74, 6) is -0.0833. The highest BCUT2D eigenvalue weighted by Crippen LogP contribution is 2.32. The van der Waals surface area contributed by atoms with E-state index in [1.54, 1.807) is 0 Å². The molecule has 2 amide bonds. The number of amides is 2. The van der Waals surface area contributed by atoms with Crippen LogP contribution in [-0.2, 0) is 19.6 Å². The topological polar surface area (TPSA) is 114 Å². The molecule has 0 aromatic heterocycles. The van der Waals surface area contributed by atoms with E-state index in [2.05, 4.69) is 15.4 Å². The summed E-state index contributed by atoms with van der Waals surface area (Å²) in [5, 5.41) is 5.11. The second kappa shape index (κ2) is 8.30. The first-order chi connectivity index (χ1) is 11.9. The number of hydrogen-bond donors (Lipinski definition) is 3. The van der Waals surface area contributed by atoms with Crippen LogP contribution in [0.3, 0.4) is 0 Å². The quantitative estimate of drug-likeness (QED) is 0.632. The van der Waals surface area contributed by atoms with Crippen molar-refractivity contribution in [1.29, 1.82) is 0 Å². The average Bonchev–Trinajstić information content (AvgIpc) is 2.59. The molecule has 0 aliphatic carbocycles. The van der Waals surface area contributed by atoms with Crippen LogP contribution in [0.5, 0.6) is 5.75 Å². The van der Waals surface area contributed by atoms with Crippen LogP contribution in [0.15, 0.2) is 23.1 Å². The maximum Gasteiger partial charge on any atom is 0.265 e. The summed E-state index contributed by atoms with van der Waals surface area (Å²) in [7, 11) is -2.30. The Balaban J connectivity index is 2.09. The molecule has 0 radical (unpaired) electrons. The number of unbranched alkanes of at least 4 members (excludes halogenated alkanes) is 1. The Kier molecular flexibility index (Phi) is 6.38. The van der Waals surface area contributed by atoms with E-state index >= 15 is 0 Å². The summed E-state index contributed by atoms with van der Waals surface area (Å²) >= 11 is 0. The Morgan fingerprint density at radius 2 is 2.12 bits per heavy atom. The maximum absolute atomic E-state index is 12.3. The third-order valence-electron chi connectivity index (χ3n) is 3.82. The first-order valence-corrected chi connectivity index (χ1v) is 9.67. The molecule has 1 atom stereocenters. The summed E-state index contributed by atoms with van der Waals surface area (Å²) in [6.45, 7) is 2.02. The van der Waals surface area contributed by atoms with Gasteiger partial charge in [-0.05, 0) is 31.0 Å². The van der Waals surface area contributed by atoms with Gasteiger partial charge in [0.1, 0.15) is 5.75 Å². The maximum atomic E-state index is 12.3. The molecule has 0 spiro atoms. The van der Waals surface area contributed by atoms with E-state index in [1.165, 1.54) is 25.2 Å². The minimum absolute atomic E-state index is 0.000866. The van der Waals surface area contributed by atoms with Crippen LogP contribution in [0.25, 0.3) is 0 Å². The van der Waals surface area contributed by atoms with Gasteiger partial charge in [-0.25, -0.2) is 13.1 Å². The van der Waals surface area contributed by atoms with Gasteiger partial charge < -0.3 is 15.4 Å². The molecular weight excluding hydrogens is 346 g/mol. The molecule has 1 aliphatic heterocycles. The van der Waals surface area contributed by atoms with Crippen LogP contribution in [0.4, 0.5) is 5.69 Å². The highest BCUT2D eigenvalue weighted by Gasteiger charge is 2.28. The van der Waals surface area contributed by atoms with E-state index in [9.17, 15) is 18.0 Å². The number of hydrogen-bond acceptors (Lipinski definition) is 5. The lowest BCUT2D eigenvalue weighted by molar-refractivity contribution is -0.124. The molecule has 0 saturated heterocycles. The number of carbonyl (C=O) groups excluding carboxylic acids is 2. The van der Waals surface area contributed by atoms with Crippen LogP contribution < -0.4 is 20.1 Å². The van der Waals surface area contributed by atoms with Gasteiger partial charge in [0.25, 0.3) is 5.91 Å². The molecule has 3 N–H and O–H groups in total. The van der Waals surface area contributed by atoms with E-state index in [1.807, 2.05) is 6.92 Å². The Hall–Kier alpha value is -2.13. The summed E-state index contributed by atoms with van der Waals surface area (Å²) < 4.78 is 32.6. The van der Waals surface area contributed by atoms with Crippen molar-refractivity contribution >= 4 is 27.5 Å². The highest BCUT2D eigenvalue weighted by molar-refractivity contribution is 7.89. The normalized spacial score (nSPS) is 16.6. The van der Waals surface area contributed by atoms with Crippen LogP contribution in [0.2, 0.25) is 0 Å². The predicted octanol–water partition coefficient (Wildman–Crippen LogP) is 0.991. The van der Waals surface area contributed by atoms with Crippen LogP contribution >= 0.6 is 0 Å². The van der Waals surface area contributed by atoms with Crippen molar-refractivity contribution in [2.24, 2.45) is 0 Å². The van der Waals surface area contributed by atoms with E-state index < -0.39 is 16.1 Å². The summed E-state index contributed by atoms with van der Waals surface area (Å²) in [6.07, 6.45) is 1.93. The van der Waals surface area contributed by atoms with Crippen LogP contribution in [-0.4, -0.2) is 39.9 Å². The SMILES string of the molecule is CCCC[C@H]1Oc2ccc(S(=O)(=O)NCCC(=O)NC)cc2NC1=O. The Labute approximate surface area is 147 Å².